The summed E-state index contributed by atoms with van der Waals surface area (Å²) in [6, 6.07) is 6.50. The van der Waals surface area contributed by atoms with Crippen molar-refractivity contribution in [3.05, 3.63) is 35.6 Å². The van der Waals surface area contributed by atoms with Gasteiger partial charge in [-0.15, -0.1) is 24.0 Å². The fourth-order valence-electron chi connectivity index (χ4n) is 1.76. The van der Waals surface area contributed by atoms with Gasteiger partial charge in [-0.05, 0) is 33.8 Å². The number of nitrogens with one attached hydrogen (secondary N) is 3. The number of carbonyl (C=O) groups is 1. The highest BCUT2D eigenvalue weighted by Crippen LogP contribution is 2.07. The fraction of sp³-hybridized carbons (Fsp3) is 0.500. The van der Waals surface area contributed by atoms with Gasteiger partial charge >= 0.3 is 0 Å². The minimum atomic E-state index is -0.285. The summed E-state index contributed by atoms with van der Waals surface area (Å²) in [6.45, 7) is 8.66. The number of halogens is 2. The van der Waals surface area contributed by atoms with Gasteiger partial charge in [0.2, 0.25) is 5.91 Å². The Morgan fingerprint density at radius 2 is 1.87 bits per heavy atom. The molecule has 0 saturated carbocycles. The van der Waals surface area contributed by atoms with Crippen LogP contribution in [-0.4, -0.2) is 30.5 Å². The van der Waals surface area contributed by atoms with Crippen LogP contribution in [0.25, 0.3) is 0 Å². The minimum absolute atomic E-state index is 0. The van der Waals surface area contributed by atoms with Crippen LogP contribution < -0.4 is 16.0 Å². The Morgan fingerprint density at radius 1 is 1.22 bits per heavy atom. The molecule has 0 radical (unpaired) electrons. The predicted octanol–water partition coefficient (Wildman–Crippen LogP) is 2.41. The van der Waals surface area contributed by atoms with Crippen molar-refractivity contribution in [3.63, 3.8) is 0 Å². The van der Waals surface area contributed by atoms with Gasteiger partial charge in [0.1, 0.15) is 5.82 Å². The topological polar surface area (TPSA) is 65.5 Å². The smallest absolute Gasteiger partial charge is 0.239 e. The van der Waals surface area contributed by atoms with Gasteiger partial charge in [0, 0.05) is 17.6 Å². The molecule has 130 valence electrons. The molecule has 23 heavy (non-hydrogen) atoms. The summed E-state index contributed by atoms with van der Waals surface area (Å²) in [6.07, 6.45) is 0. The molecule has 3 N–H and O–H groups in total. The van der Waals surface area contributed by atoms with E-state index in [4.69, 9.17) is 0 Å². The first-order valence-corrected chi connectivity index (χ1v) is 7.38. The highest BCUT2D eigenvalue weighted by molar-refractivity contribution is 14.0. The van der Waals surface area contributed by atoms with Crippen LogP contribution in [-0.2, 0) is 11.3 Å². The largest absolute Gasteiger partial charge is 0.357 e. The van der Waals surface area contributed by atoms with E-state index < -0.39 is 0 Å². The van der Waals surface area contributed by atoms with Gasteiger partial charge in [0.25, 0.3) is 0 Å². The molecule has 0 heterocycles. The van der Waals surface area contributed by atoms with Gasteiger partial charge in [0.05, 0.1) is 13.1 Å². The van der Waals surface area contributed by atoms with Crippen LogP contribution in [0.5, 0.6) is 0 Å². The molecule has 0 spiro atoms. The lowest BCUT2D eigenvalue weighted by Gasteiger charge is -2.21. The molecule has 0 aliphatic rings. The summed E-state index contributed by atoms with van der Waals surface area (Å²) in [4.78, 5) is 16.1. The molecule has 7 heteroatoms. The van der Waals surface area contributed by atoms with Crippen LogP contribution in [0.2, 0.25) is 0 Å². The third-order valence-corrected chi connectivity index (χ3v) is 2.64. The van der Waals surface area contributed by atoms with Crippen molar-refractivity contribution in [3.8, 4) is 0 Å². The number of amides is 1. The standard InChI is InChI=1S/C16H25FN4O.HI/c1-5-18-15(20-11-14(22)21-16(2,3)4)19-10-12-8-6-7-9-13(12)17;/h6-9H,5,10-11H2,1-4H3,(H,21,22)(H2,18,19,20);1H. The van der Waals surface area contributed by atoms with Crippen molar-refractivity contribution >= 4 is 35.8 Å². The SMILES string of the molecule is CCNC(=NCc1ccccc1F)NCC(=O)NC(C)(C)C.I. The number of guanidine groups is 1. The molecule has 5 nitrogen and oxygen atoms in total. The number of carbonyl (C=O) groups excluding carboxylic acids is 1. The summed E-state index contributed by atoms with van der Waals surface area (Å²) in [5.41, 5.74) is 0.236. The van der Waals surface area contributed by atoms with Crippen molar-refractivity contribution in [1.29, 1.82) is 0 Å². The lowest BCUT2D eigenvalue weighted by atomic mass is 10.1. The molecular formula is C16H26FIN4O. The molecule has 0 bridgehead atoms. The van der Waals surface area contributed by atoms with Crippen LogP contribution in [0.1, 0.15) is 33.3 Å². The molecule has 0 aliphatic heterocycles. The van der Waals surface area contributed by atoms with Gasteiger partial charge in [-0.1, -0.05) is 18.2 Å². The zero-order valence-corrected chi connectivity index (χ0v) is 16.4. The van der Waals surface area contributed by atoms with Crippen LogP contribution >= 0.6 is 24.0 Å². The van der Waals surface area contributed by atoms with Crippen LogP contribution in [0.15, 0.2) is 29.3 Å². The summed E-state index contributed by atoms with van der Waals surface area (Å²) in [7, 11) is 0. The third-order valence-electron chi connectivity index (χ3n) is 2.64. The Balaban J connectivity index is 0.00000484. The van der Waals surface area contributed by atoms with E-state index in [1.54, 1.807) is 18.2 Å². The third kappa shape index (κ3) is 9.37. The van der Waals surface area contributed by atoms with E-state index >= 15 is 0 Å². The van der Waals surface area contributed by atoms with E-state index in [9.17, 15) is 9.18 Å². The number of aliphatic imine (C=N–C) groups is 1. The lowest BCUT2D eigenvalue weighted by molar-refractivity contribution is -0.121. The number of hydrogen-bond donors (Lipinski definition) is 3. The van der Waals surface area contributed by atoms with Crippen LogP contribution in [0, 0.1) is 5.82 Å². The molecule has 0 saturated heterocycles. The lowest BCUT2D eigenvalue weighted by Crippen LogP contribution is -2.48. The van der Waals surface area contributed by atoms with Crippen molar-refractivity contribution in [2.45, 2.75) is 39.8 Å². The quantitative estimate of drug-likeness (QED) is 0.378. The molecule has 0 unspecified atom stereocenters. The van der Waals surface area contributed by atoms with Gasteiger partial charge in [-0.3, -0.25) is 4.79 Å². The van der Waals surface area contributed by atoms with Crippen molar-refractivity contribution in [2.75, 3.05) is 13.1 Å². The van der Waals surface area contributed by atoms with Crippen LogP contribution in [0.4, 0.5) is 4.39 Å². The molecule has 1 aromatic carbocycles. The molecule has 1 aromatic rings. The predicted molar refractivity (Wildman–Crippen MR) is 103 cm³/mol. The second-order valence-electron chi connectivity index (χ2n) is 5.94. The van der Waals surface area contributed by atoms with Gasteiger partial charge < -0.3 is 16.0 Å². The van der Waals surface area contributed by atoms with Gasteiger partial charge in [-0.25, -0.2) is 9.38 Å². The Bertz CT molecular complexity index is 529. The first-order valence-electron chi connectivity index (χ1n) is 7.38. The Kier molecular flexibility index (Phi) is 9.78. The second-order valence-corrected chi connectivity index (χ2v) is 5.94. The average molecular weight is 436 g/mol. The maximum Gasteiger partial charge on any atom is 0.239 e. The number of hydrogen-bond acceptors (Lipinski definition) is 2. The molecule has 0 aliphatic carbocycles. The van der Waals surface area contributed by atoms with E-state index in [1.807, 2.05) is 27.7 Å². The molecule has 0 atom stereocenters. The summed E-state index contributed by atoms with van der Waals surface area (Å²) < 4.78 is 13.6. The van der Waals surface area contributed by atoms with Gasteiger partial charge in [-0.2, -0.15) is 0 Å². The van der Waals surface area contributed by atoms with E-state index in [0.717, 1.165) is 0 Å². The fourth-order valence-corrected chi connectivity index (χ4v) is 1.76. The summed E-state index contributed by atoms with van der Waals surface area (Å²) >= 11 is 0. The Labute approximate surface area is 154 Å². The van der Waals surface area contributed by atoms with Crippen molar-refractivity contribution in [1.82, 2.24) is 16.0 Å². The highest BCUT2D eigenvalue weighted by Gasteiger charge is 2.13. The van der Waals surface area contributed by atoms with E-state index in [2.05, 4.69) is 20.9 Å². The molecule has 0 fully saturated rings. The molecule has 1 amide bonds. The first kappa shape index (κ1) is 21.6. The van der Waals surface area contributed by atoms with E-state index in [0.29, 0.717) is 18.1 Å². The van der Waals surface area contributed by atoms with E-state index in [1.165, 1.54) is 6.07 Å². The normalized spacial score (nSPS) is 11.4. The zero-order valence-electron chi connectivity index (χ0n) is 14.1. The van der Waals surface area contributed by atoms with E-state index in [-0.39, 0.29) is 54.3 Å². The van der Waals surface area contributed by atoms with Crippen LogP contribution in [0.3, 0.4) is 0 Å². The van der Waals surface area contributed by atoms with Crippen molar-refractivity contribution in [2.24, 2.45) is 4.99 Å². The highest BCUT2D eigenvalue weighted by atomic mass is 127. The second kappa shape index (κ2) is 10.4. The maximum atomic E-state index is 13.6. The molecule has 1 rings (SSSR count). The molecule has 0 aromatic heterocycles. The number of rotatable bonds is 5. The zero-order chi connectivity index (χ0) is 16.6. The van der Waals surface area contributed by atoms with Gasteiger partial charge in [0.15, 0.2) is 5.96 Å². The average Bonchev–Trinajstić information content (AvgIpc) is 2.41. The molecular weight excluding hydrogens is 410 g/mol. The Hall–Kier alpha value is -1.38. The first-order chi connectivity index (χ1) is 10.3. The number of nitrogens with zero attached hydrogens (tertiary/aromatic N) is 1. The Morgan fingerprint density at radius 3 is 2.43 bits per heavy atom. The summed E-state index contributed by atoms with van der Waals surface area (Å²) in [5, 5.41) is 8.82. The van der Waals surface area contributed by atoms with Crippen molar-refractivity contribution < 1.29 is 9.18 Å². The summed E-state index contributed by atoms with van der Waals surface area (Å²) in [5.74, 6) is 0.0754. The maximum absolute atomic E-state index is 13.6. The monoisotopic (exact) mass is 436 g/mol. The number of benzene rings is 1. The minimum Gasteiger partial charge on any atom is -0.357 e.